The van der Waals surface area contributed by atoms with Crippen LogP contribution in [0.25, 0.3) is 0 Å². The molecular formula is C17H14ClF3N2O4. The van der Waals surface area contributed by atoms with Crippen molar-refractivity contribution in [1.29, 1.82) is 0 Å². The van der Waals surface area contributed by atoms with Gasteiger partial charge in [-0.3, -0.25) is 5.32 Å². The van der Waals surface area contributed by atoms with E-state index in [2.05, 4.69) is 5.32 Å². The second-order valence-electron chi connectivity index (χ2n) is 5.57. The normalized spacial score (nSPS) is 18.1. The fourth-order valence-electron chi connectivity index (χ4n) is 2.33. The third-order valence-corrected chi connectivity index (χ3v) is 3.91. The zero-order chi connectivity index (χ0) is 19.7. The molecule has 2 aromatic rings. The van der Waals surface area contributed by atoms with Crippen molar-refractivity contribution in [3.05, 3.63) is 53.1 Å². The van der Waals surface area contributed by atoms with E-state index < -0.39 is 18.1 Å². The minimum absolute atomic E-state index is 0.0114. The number of rotatable bonds is 4. The van der Waals surface area contributed by atoms with Gasteiger partial charge in [-0.1, -0.05) is 23.7 Å². The van der Waals surface area contributed by atoms with Gasteiger partial charge >= 0.3 is 18.1 Å². The number of alkyl halides is 3. The SMILES string of the molecule is COc1ccc(CNC(=O)NC2(C(F)(F)F)Oc3ccc(Cl)cc3O2)cc1. The van der Waals surface area contributed by atoms with Crippen LogP contribution in [0, 0.1) is 0 Å². The maximum atomic E-state index is 13.5. The highest BCUT2D eigenvalue weighted by Gasteiger charge is 2.65. The van der Waals surface area contributed by atoms with Crippen molar-refractivity contribution in [3.8, 4) is 17.2 Å². The molecule has 0 saturated heterocycles. The quantitative estimate of drug-likeness (QED) is 0.815. The molecule has 0 fully saturated rings. The van der Waals surface area contributed by atoms with Crippen LogP contribution in [0.15, 0.2) is 42.5 Å². The molecular weight excluding hydrogens is 389 g/mol. The highest BCUT2D eigenvalue weighted by molar-refractivity contribution is 6.30. The number of hydrogen-bond donors (Lipinski definition) is 2. The van der Waals surface area contributed by atoms with Crippen molar-refractivity contribution in [1.82, 2.24) is 10.6 Å². The number of carbonyl (C=O) groups is 1. The van der Waals surface area contributed by atoms with Crippen LogP contribution in [0.1, 0.15) is 5.56 Å². The van der Waals surface area contributed by atoms with Crippen LogP contribution in [0.4, 0.5) is 18.0 Å². The Hall–Kier alpha value is -2.81. The molecule has 0 bridgehead atoms. The largest absolute Gasteiger partial charge is 0.497 e. The minimum atomic E-state index is -5.05. The van der Waals surface area contributed by atoms with E-state index in [1.54, 1.807) is 29.6 Å². The molecule has 3 rings (SSSR count). The van der Waals surface area contributed by atoms with Gasteiger partial charge in [0.05, 0.1) is 7.11 Å². The van der Waals surface area contributed by atoms with E-state index in [0.717, 1.165) is 0 Å². The van der Waals surface area contributed by atoms with Crippen molar-refractivity contribution in [2.75, 3.05) is 7.11 Å². The molecule has 10 heteroatoms. The lowest BCUT2D eigenvalue weighted by Crippen LogP contribution is -2.66. The van der Waals surface area contributed by atoms with Crippen LogP contribution >= 0.6 is 11.6 Å². The molecule has 0 aromatic heterocycles. The summed E-state index contributed by atoms with van der Waals surface area (Å²) in [5.41, 5.74) is 0.662. The molecule has 1 unspecified atom stereocenters. The molecule has 1 aliphatic rings. The Kier molecular flexibility index (Phi) is 4.97. The van der Waals surface area contributed by atoms with Crippen LogP contribution in [-0.4, -0.2) is 25.2 Å². The maximum absolute atomic E-state index is 13.5. The fraction of sp³-hybridized carbons (Fsp3) is 0.235. The van der Waals surface area contributed by atoms with Crippen LogP contribution in [0.2, 0.25) is 5.02 Å². The van der Waals surface area contributed by atoms with Crippen LogP contribution in [0.5, 0.6) is 17.2 Å². The molecule has 0 aliphatic carbocycles. The molecule has 144 valence electrons. The molecule has 27 heavy (non-hydrogen) atoms. The number of fused-ring (bicyclic) bond motifs is 1. The van der Waals surface area contributed by atoms with E-state index in [1.807, 2.05) is 0 Å². The molecule has 1 heterocycles. The fourth-order valence-corrected chi connectivity index (χ4v) is 2.50. The molecule has 2 amide bonds. The lowest BCUT2D eigenvalue weighted by molar-refractivity contribution is -0.317. The van der Waals surface area contributed by atoms with Gasteiger partial charge < -0.3 is 19.5 Å². The highest BCUT2D eigenvalue weighted by atomic mass is 35.5. The third kappa shape index (κ3) is 3.97. The summed E-state index contributed by atoms with van der Waals surface area (Å²) in [6.07, 6.45) is -5.05. The Labute approximate surface area is 157 Å². The average molecular weight is 403 g/mol. The first-order valence-corrected chi connectivity index (χ1v) is 8.03. The zero-order valence-corrected chi connectivity index (χ0v) is 14.6. The monoisotopic (exact) mass is 402 g/mol. The molecule has 2 aromatic carbocycles. The van der Waals surface area contributed by atoms with E-state index in [9.17, 15) is 18.0 Å². The number of methoxy groups -OCH3 is 1. The van der Waals surface area contributed by atoms with E-state index in [1.165, 1.54) is 25.3 Å². The van der Waals surface area contributed by atoms with E-state index in [4.69, 9.17) is 25.8 Å². The number of carbonyl (C=O) groups excluding carboxylic acids is 1. The Morgan fingerprint density at radius 1 is 1.15 bits per heavy atom. The van der Waals surface area contributed by atoms with Crippen LogP contribution in [-0.2, 0) is 6.54 Å². The van der Waals surface area contributed by atoms with Crippen molar-refractivity contribution in [2.45, 2.75) is 18.6 Å². The van der Waals surface area contributed by atoms with Gasteiger partial charge in [0.25, 0.3) is 0 Å². The van der Waals surface area contributed by atoms with Gasteiger partial charge in [-0.05, 0) is 29.8 Å². The summed E-state index contributed by atoms with van der Waals surface area (Å²) < 4.78 is 55.4. The summed E-state index contributed by atoms with van der Waals surface area (Å²) in [6.45, 7) is -0.0114. The summed E-state index contributed by atoms with van der Waals surface area (Å²) in [4.78, 5) is 12.0. The van der Waals surface area contributed by atoms with Gasteiger partial charge in [0.2, 0.25) is 0 Å². The Morgan fingerprint density at radius 3 is 2.44 bits per heavy atom. The summed E-state index contributed by atoms with van der Waals surface area (Å²) in [7, 11) is 1.50. The number of nitrogens with one attached hydrogen (secondary N) is 2. The lowest BCUT2D eigenvalue weighted by Gasteiger charge is -2.29. The second-order valence-corrected chi connectivity index (χ2v) is 6.00. The molecule has 0 radical (unpaired) electrons. The lowest BCUT2D eigenvalue weighted by atomic mass is 10.2. The van der Waals surface area contributed by atoms with Crippen molar-refractivity contribution < 1.29 is 32.2 Å². The molecule has 0 spiro atoms. The topological polar surface area (TPSA) is 68.8 Å². The highest BCUT2D eigenvalue weighted by Crippen LogP contribution is 2.46. The van der Waals surface area contributed by atoms with Crippen LogP contribution in [0.3, 0.4) is 0 Å². The Bertz CT molecular complexity index is 845. The predicted octanol–water partition coefficient (Wildman–Crippen LogP) is 3.84. The van der Waals surface area contributed by atoms with Gasteiger partial charge in [0.15, 0.2) is 11.5 Å². The number of hydrogen-bond acceptors (Lipinski definition) is 4. The van der Waals surface area contributed by atoms with Crippen molar-refractivity contribution in [2.24, 2.45) is 0 Å². The Morgan fingerprint density at radius 2 is 1.81 bits per heavy atom. The summed E-state index contributed by atoms with van der Waals surface area (Å²) in [6, 6.07) is 9.27. The minimum Gasteiger partial charge on any atom is -0.497 e. The summed E-state index contributed by atoms with van der Waals surface area (Å²) >= 11 is 5.75. The first-order chi connectivity index (χ1) is 12.7. The third-order valence-electron chi connectivity index (χ3n) is 3.68. The number of ether oxygens (including phenoxy) is 3. The van der Waals surface area contributed by atoms with E-state index >= 15 is 0 Å². The van der Waals surface area contributed by atoms with Gasteiger partial charge in [-0.25, -0.2) is 4.79 Å². The van der Waals surface area contributed by atoms with Crippen LogP contribution < -0.4 is 24.8 Å². The van der Waals surface area contributed by atoms with Gasteiger partial charge in [-0.15, -0.1) is 0 Å². The van der Waals surface area contributed by atoms with Crippen molar-refractivity contribution in [3.63, 3.8) is 0 Å². The molecule has 2 N–H and O–H groups in total. The standard InChI is InChI=1S/C17H14ClF3N2O4/c1-25-12-5-2-10(3-6-12)9-22-15(24)23-17(16(19,20)21)26-13-7-4-11(18)8-14(13)27-17/h2-8H,9H2,1H3,(H2,22,23,24). The summed E-state index contributed by atoms with van der Waals surface area (Å²) in [5.74, 6) is -3.14. The zero-order valence-electron chi connectivity index (χ0n) is 13.9. The first kappa shape index (κ1) is 19.0. The van der Waals surface area contributed by atoms with E-state index in [0.29, 0.717) is 11.3 Å². The second kappa shape index (κ2) is 7.07. The smallest absolute Gasteiger partial charge is 0.492 e. The number of amides is 2. The maximum Gasteiger partial charge on any atom is 0.492 e. The average Bonchev–Trinajstić information content (AvgIpc) is 2.98. The first-order valence-electron chi connectivity index (χ1n) is 7.66. The van der Waals surface area contributed by atoms with Gasteiger partial charge in [0.1, 0.15) is 5.75 Å². The Balaban J connectivity index is 1.69. The molecule has 6 nitrogen and oxygen atoms in total. The molecule has 0 saturated carbocycles. The number of urea groups is 1. The van der Waals surface area contributed by atoms with Gasteiger partial charge in [0, 0.05) is 17.6 Å². The summed E-state index contributed by atoms with van der Waals surface area (Å²) in [5, 5.41) is 4.19. The molecule has 1 atom stereocenters. The van der Waals surface area contributed by atoms with Gasteiger partial charge in [-0.2, -0.15) is 13.2 Å². The number of halogens is 4. The predicted molar refractivity (Wildman–Crippen MR) is 89.9 cm³/mol. The van der Waals surface area contributed by atoms with E-state index in [-0.39, 0.29) is 23.1 Å². The number of benzene rings is 2. The van der Waals surface area contributed by atoms with Crippen molar-refractivity contribution >= 4 is 17.6 Å². The molecule has 1 aliphatic heterocycles.